The van der Waals surface area contributed by atoms with Crippen molar-refractivity contribution in [3.63, 3.8) is 0 Å². The van der Waals surface area contributed by atoms with E-state index in [0.717, 1.165) is 22.3 Å². The summed E-state index contributed by atoms with van der Waals surface area (Å²) < 4.78 is 17.4. The lowest BCUT2D eigenvalue weighted by atomic mass is 9.85. The molecular formula is C36H44N2O6. The number of nitrogens with one attached hydrogen (secondary N) is 1. The maximum Gasteiger partial charge on any atom is 0.408 e. The van der Waals surface area contributed by atoms with E-state index in [1.807, 2.05) is 106 Å². The molecule has 0 spiro atoms. The molecule has 1 aliphatic rings. The number of hydrogen-bond acceptors (Lipinski definition) is 6. The van der Waals surface area contributed by atoms with Crippen LogP contribution in [0.3, 0.4) is 0 Å². The van der Waals surface area contributed by atoms with Crippen molar-refractivity contribution in [2.75, 3.05) is 13.7 Å². The number of nitrogens with zero attached hydrogens (tertiary/aromatic N) is 1. The summed E-state index contributed by atoms with van der Waals surface area (Å²) in [7, 11) is 1.31. The molecule has 1 heterocycles. The van der Waals surface area contributed by atoms with Gasteiger partial charge in [0.25, 0.3) is 0 Å². The summed E-state index contributed by atoms with van der Waals surface area (Å²) >= 11 is 0. The number of rotatable bonds is 8. The Bertz CT molecular complexity index is 1430. The van der Waals surface area contributed by atoms with Gasteiger partial charge in [0.1, 0.15) is 23.3 Å². The van der Waals surface area contributed by atoms with Gasteiger partial charge in [-0.25, -0.2) is 9.59 Å². The zero-order valence-electron chi connectivity index (χ0n) is 26.8. The number of carbonyl (C=O) groups excluding carboxylic acids is 3. The Balaban J connectivity index is 1.73. The van der Waals surface area contributed by atoms with Gasteiger partial charge >= 0.3 is 12.1 Å². The highest BCUT2D eigenvalue weighted by atomic mass is 16.6. The molecule has 0 radical (unpaired) electrons. The molecule has 44 heavy (non-hydrogen) atoms. The normalized spacial score (nSPS) is 19.2. The number of alkyl carbamates (subject to hydrolysis) is 1. The van der Waals surface area contributed by atoms with Gasteiger partial charge in [-0.1, -0.05) is 106 Å². The van der Waals surface area contributed by atoms with Crippen LogP contribution in [0.4, 0.5) is 4.79 Å². The molecule has 1 N–H and O–H groups in total. The van der Waals surface area contributed by atoms with Gasteiger partial charge < -0.3 is 24.4 Å². The number of esters is 1. The summed E-state index contributed by atoms with van der Waals surface area (Å²) in [4.78, 5) is 41.9. The highest BCUT2D eigenvalue weighted by molar-refractivity contribution is 5.91. The zero-order chi connectivity index (χ0) is 32.1. The lowest BCUT2D eigenvalue weighted by Crippen LogP contribution is -2.57. The fourth-order valence-corrected chi connectivity index (χ4v) is 5.48. The maximum absolute atomic E-state index is 14.3. The third kappa shape index (κ3) is 7.85. The van der Waals surface area contributed by atoms with Gasteiger partial charge in [-0.05, 0) is 48.4 Å². The average molecular weight is 601 g/mol. The van der Waals surface area contributed by atoms with Crippen LogP contribution in [-0.4, -0.2) is 54.2 Å². The lowest BCUT2D eigenvalue weighted by Gasteiger charge is -2.36. The second-order valence-electron chi connectivity index (χ2n) is 13.4. The quantitative estimate of drug-likeness (QED) is 0.298. The molecule has 1 saturated heterocycles. The summed E-state index contributed by atoms with van der Waals surface area (Å²) in [5.41, 5.74) is 1.46. The van der Waals surface area contributed by atoms with E-state index in [1.54, 1.807) is 20.8 Å². The Hall–Kier alpha value is -4.17. The van der Waals surface area contributed by atoms with Crippen molar-refractivity contribution in [3.8, 4) is 11.1 Å². The van der Waals surface area contributed by atoms with Gasteiger partial charge in [0.05, 0.1) is 20.3 Å². The molecule has 0 saturated carbocycles. The first-order valence-electron chi connectivity index (χ1n) is 14.9. The van der Waals surface area contributed by atoms with Gasteiger partial charge in [0, 0.05) is 6.42 Å². The summed E-state index contributed by atoms with van der Waals surface area (Å²) in [5, 5.41) is 2.77. The molecule has 1 aliphatic heterocycles. The van der Waals surface area contributed by atoms with Crippen molar-refractivity contribution in [1.29, 1.82) is 0 Å². The smallest absolute Gasteiger partial charge is 0.408 e. The van der Waals surface area contributed by atoms with E-state index < -0.39 is 46.7 Å². The topological polar surface area (TPSA) is 94.2 Å². The molecule has 0 aromatic heterocycles. The molecule has 8 heteroatoms. The van der Waals surface area contributed by atoms with Crippen LogP contribution in [0, 0.1) is 5.41 Å². The van der Waals surface area contributed by atoms with E-state index in [0.29, 0.717) is 0 Å². The van der Waals surface area contributed by atoms with Crippen LogP contribution >= 0.6 is 0 Å². The molecule has 0 bridgehead atoms. The first-order chi connectivity index (χ1) is 20.7. The largest absolute Gasteiger partial charge is 0.467 e. The monoisotopic (exact) mass is 600 g/mol. The van der Waals surface area contributed by atoms with Gasteiger partial charge in [-0.2, -0.15) is 0 Å². The third-order valence-electron chi connectivity index (χ3n) is 7.73. The number of amides is 2. The van der Waals surface area contributed by atoms with Crippen LogP contribution < -0.4 is 5.32 Å². The Morgan fingerprint density at radius 1 is 0.864 bits per heavy atom. The first kappa shape index (κ1) is 32.7. The molecule has 3 aromatic rings. The van der Waals surface area contributed by atoms with Crippen LogP contribution in [0.15, 0.2) is 84.9 Å². The maximum atomic E-state index is 14.3. The third-order valence-corrected chi connectivity index (χ3v) is 7.73. The summed E-state index contributed by atoms with van der Waals surface area (Å²) in [6, 6.07) is 26.0. The van der Waals surface area contributed by atoms with Crippen LogP contribution in [-0.2, 0) is 36.0 Å². The second kappa shape index (κ2) is 13.2. The molecule has 0 aliphatic carbocycles. The van der Waals surface area contributed by atoms with Crippen LogP contribution in [0.5, 0.6) is 0 Å². The molecule has 3 aromatic carbocycles. The van der Waals surface area contributed by atoms with Gasteiger partial charge in [-0.3, -0.25) is 4.79 Å². The molecule has 8 nitrogen and oxygen atoms in total. The molecule has 2 unspecified atom stereocenters. The summed E-state index contributed by atoms with van der Waals surface area (Å²) in [6.07, 6.45) is -0.519. The second-order valence-corrected chi connectivity index (χ2v) is 13.4. The summed E-state index contributed by atoms with van der Waals surface area (Å²) in [6.45, 7) is 11.2. The number of benzene rings is 3. The van der Waals surface area contributed by atoms with E-state index in [-0.39, 0.29) is 19.6 Å². The minimum absolute atomic E-state index is 0.0890. The molecule has 4 rings (SSSR count). The van der Waals surface area contributed by atoms with Crippen molar-refractivity contribution in [1.82, 2.24) is 10.2 Å². The first-order valence-corrected chi connectivity index (χ1v) is 14.9. The number of methoxy groups -OCH3 is 1. The zero-order valence-corrected chi connectivity index (χ0v) is 26.8. The minimum atomic E-state index is -1.02. The highest BCUT2D eigenvalue weighted by Crippen LogP contribution is 2.42. The Labute approximate surface area is 260 Å². The molecular weight excluding hydrogens is 556 g/mol. The number of hydrogen-bond donors (Lipinski definition) is 1. The van der Waals surface area contributed by atoms with Crippen LogP contribution in [0.25, 0.3) is 11.1 Å². The van der Waals surface area contributed by atoms with Crippen molar-refractivity contribution < 1.29 is 28.6 Å². The fraction of sp³-hybridized carbons (Fsp3) is 0.417. The highest BCUT2D eigenvalue weighted by Gasteiger charge is 2.53. The van der Waals surface area contributed by atoms with Gasteiger partial charge in [0.15, 0.2) is 0 Å². The van der Waals surface area contributed by atoms with Crippen molar-refractivity contribution in [2.24, 2.45) is 5.41 Å². The number of carbonyl (C=O) groups is 3. The predicted octanol–water partition coefficient (Wildman–Crippen LogP) is 6.48. The Morgan fingerprint density at radius 2 is 1.43 bits per heavy atom. The van der Waals surface area contributed by atoms with Gasteiger partial charge in [-0.15, -0.1) is 0 Å². The summed E-state index contributed by atoms with van der Waals surface area (Å²) in [5.74, 6) is -0.959. The molecule has 2 amide bonds. The molecule has 1 fully saturated rings. The minimum Gasteiger partial charge on any atom is -0.467 e. The number of likely N-dealkylation sites (tertiary alicyclic amines) is 1. The average Bonchev–Trinajstić information content (AvgIpc) is 3.39. The van der Waals surface area contributed by atoms with E-state index in [1.165, 1.54) is 12.0 Å². The van der Waals surface area contributed by atoms with Crippen molar-refractivity contribution in [3.05, 3.63) is 96.1 Å². The van der Waals surface area contributed by atoms with Crippen LogP contribution in [0.2, 0.25) is 0 Å². The van der Waals surface area contributed by atoms with E-state index in [2.05, 4.69) is 5.32 Å². The number of ether oxygens (including phenoxy) is 3. The van der Waals surface area contributed by atoms with Crippen molar-refractivity contribution >= 4 is 18.0 Å². The van der Waals surface area contributed by atoms with Gasteiger partial charge in [0.2, 0.25) is 5.91 Å². The SMILES string of the molecule is COC(=O)C1CC(OCc2ccccc2)(c2ccc(-c3ccccc3)cc2)CN1C(=O)[C@@H](NC(=O)OC(C)(C)C)C(C)(C)C. The standard InChI is InChI=1S/C36H44N2O6/c1-34(2,3)30(37-33(41)44-35(4,5)6)31(39)38-24-36(22-29(38)32(40)42-7,43-23-25-14-10-8-11-15-25)28-20-18-27(19-21-28)26-16-12-9-13-17-26/h8-21,29-30H,22-24H2,1-7H3,(H,37,41)/t29?,30-,36?/m1/s1. The Kier molecular flexibility index (Phi) is 9.84. The molecule has 3 atom stereocenters. The lowest BCUT2D eigenvalue weighted by molar-refractivity contribution is -0.152. The van der Waals surface area contributed by atoms with Crippen LogP contribution in [0.1, 0.15) is 59.1 Å². The fourth-order valence-electron chi connectivity index (χ4n) is 5.48. The van der Waals surface area contributed by atoms with E-state index in [9.17, 15) is 14.4 Å². The van der Waals surface area contributed by atoms with E-state index in [4.69, 9.17) is 14.2 Å². The van der Waals surface area contributed by atoms with Crippen molar-refractivity contribution in [2.45, 2.75) is 77.9 Å². The Morgan fingerprint density at radius 3 is 1.98 bits per heavy atom. The molecule has 234 valence electrons. The van der Waals surface area contributed by atoms with E-state index >= 15 is 0 Å². The predicted molar refractivity (Wildman–Crippen MR) is 170 cm³/mol.